The summed E-state index contributed by atoms with van der Waals surface area (Å²) in [6.07, 6.45) is 0. The summed E-state index contributed by atoms with van der Waals surface area (Å²) in [4.78, 5) is 4.44. The summed E-state index contributed by atoms with van der Waals surface area (Å²) in [5.74, 6) is 0.907. The molecule has 0 amide bonds. The Kier molecular flexibility index (Phi) is 2.23. The van der Waals surface area contributed by atoms with Crippen LogP contribution in [0.5, 0.6) is 0 Å². The van der Waals surface area contributed by atoms with Gasteiger partial charge in [0.25, 0.3) is 0 Å². The third-order valence-electron chi connectivity index (χ3n) is 2.07. The van der Waals surface area contributed by atoms with Gasteiger partial charge in [-0.05, 0) is 37.3 Å². The molecule has 1 heterocycles. The predicted octanol–water partition coefficient (Wildman–Crippen LogP) is 2.25. The lowest BCUT2D eigenvalue weighted by Gasteiger charge is -2.04. The van der Waals surface area contributed by atoms with Crippen molar-refractivity contribution in [3.05, 3.63) is 30.3 Å². The maximum atomic E-state index is 5.68. The normalized spacial score (nSPS) is 10.4. The van der Waals surface area contributed by atoms with Gasteiger partial charge in [-0.15, -0.1) is 0 Å². The van der Waals surface area contributed by atoms with Crippen molar-refractivity contribution in [1.82, 2.24) is 4.98 Å². The van der Waals surface area contributed by atoms with Crippen LogP contribution in [0.1, 0.15) is 6.92 Å². The number of hydrogen-bond donors (Lipinski definition) is 2. The lowest BCUT2D eigenvalue weighted by atomic mass is 10.2. The number of nitrogens with two attached hydrogens (primary N) is 1. The number of nitrogens with zero attached hydrogens (tertiary/aromatic N) is 1. The highest BCUT2D eigenvalue weighted by atomic mass is 15.0. The standard InChI is InChI=1S/C11H13N3/c1-2-13-11-6-3-8-7-9(12)4-5-10(8)14-11/h3-7H,2,12H2,1H3,(H,13,14). The second-order valence-corrected chi connectivity index (χ2v) is 3.18. The molecule has 0 atom stereocenters. The zero-order valence-electron chi connectivity index (χ0n) is 8.12. The number of rotatable bonds is 2. The van der Waals surface area contributed by atoms with Gasteiger partial charge in [0, 0.05) is 17.6 Å². The molecule has 3 heteroatoms. The van der Waals surface area contributed by atoms with E-state index in [4.69, 9.17) is 5.73 Å². The Bertz CT molecular complexity index is 451. The van der Waals surface area contributed by atoms with Crippen LogP contribution in [0.15, 0.2) is 30.3 Å². The van der Waals surface area contributed by atoms with Crippen LogP contribution in [-0.2, 0) is 0 Å². The van der Waals surface area contributed by atoms with Gasteiger partial charge in [0.05, 0.1) is 5.52 Å². The van der Waals surface area contributed by atoms with Gasteiger partial charge >= 0.3 is 0 Å². The smallest absolute Gasteiger partial charge is 0.126 e. The molecule has 0 aliphatic heterocycles. The van der Waals surface area contributed by atoms with E-state index in [1.165, 1.54) is 0 Å². The van der Waals surface area contributed by atoms with Gasteiger partial charge in [0.1, 0.15) is 5.82 Å². The third kappa shape index (κ3) is 1.62. The SMILES string of the molecule is CCNc1ccc2cc(N)ccc2n1. The van der Waals surface area contributed by atoms with Crippen molar-refractivity contribution < 1.29 is 0 Å². The number of anilines is 2. The first kappa shape index (κ1) is 8.81. The van der Waals surface area contributed by atoms with Crippen molar-refractivity contribution in [3.8, 4) is 0 Å². The molecular weight excluding hydrogens is 174 g/mol. The molecule has 0 aliphatic rings. The molecule has 0 aliphatic carbocycles. The number of aromatic nitrogens is 1. The van der Waals surface area contributed by atoms with E-state index in [1.807, 2.05) is 30.3 Å². The second kappa shape index (κ2) is 3.54. The van der Waals surface area contributed by atoms with Gasteiger partial charge in [-0.3, -0.25) is 0 Å². The van der Waals surface area contributed by atoms with E-state index in [9.17, 15) is 0 Å². The van der Waals surface area contributed by atoms with Crippen LogP contribution in [0.3, 0.4) is 0 Å². The lowest BCUT2D eigenvalue weighted by Crippen LogP contribution is -1.98. The first-order valence-corrected chi connectivity index (χ1v) is 4.70. The molecule has 0 radical (unpaired) electrons. The highest BCUT2D eigenvalue weighted by Crippen LogP contribution is 2.17. The Balaban J connectivity index is 2.50. The van der Waals surface area contributed by atoms with Crippen LogP contribution in [0.25, 0.3) is 10.9 Å². The summed E-state index contributed by atoms with van der Waals surface area (Å²) in [5.41, 5.74) is 7.42. The van der Waals surface area contributed by atoms with E-state index in [1.54, 1.807) is 0 Å². The topological polar surface area (TPSA) is 50.9 Å². The maximum absolute atomic E-state index is 5.68. The number of nitrogen functional groups attached to an aromatic ring is 1. The molecule has 0 bridgehead atoms. The summed E-state index contributed by atoms with van der Waals surface area (Å²) in [6, 6.07) is 9.72. The molecule has 0 saturated heterocycles. The van der Waals surface area contributed by atoms with Crippen molar-refractivity contribution in [2.24, 2.45) is 0 Å². The molecule has 2 rings (SSSR count). The summed E-state index contributed by atoms with van der Waals surface area (Å²) in [5, 5.41) is 4.25. The van der Waals surface area contributed by atoms with Crippen molar-refractivity contribution >= 4 is 22.4 Å². The van der Waals surface area contributed by atoms with Crippen LogP contribution >= 0.6 is 0 Å². The minimum atomic E-state index is 0.774. The average molecular weight is 187 g/mol. The van der Waals surface area contributed by atoms with E-state index in [2.05, 4.69) is 17.2 Å². The summed E-state index contributed by atoms with van der Waals surface area (Å²) in [7, 11) is 0. The number of fused-ring (bicyclic) bond motifs is 1. The molecule has 0 spiro atoms. The van der Waals surface area contributed by atoms with Gasteiger partial charge in [-0.1, -0.05) is 0 Å². The van der Waals surface area contributed by atoms with Crippen molar-refractivity contribution in [1.29, 1.82) is 0 Å². The number of nitrogens with one attached hydrogen (secondary N) is 1. The Morgan fingerprint density at radius 2 is 2.14 bits per heavy atom. The summed E-state index contributed by atoms with van der Waals surface area (Å²) in [6.45, 7) is 2.93. The van der Waals surface area contributed by atoms with Crippen LogP contribution < -0.4 is 11.1 Å². The van der Waals surface area contributed by atoms with Gasteiger partial charge in [-0.2, -0.15) is 0 Å². The van der Waals surface area contributed by atoms with Crippen LogP contribution in [0.2, 0.25) is 0 Å². The maximum Gasteiger partial charge on any atom is 0.126 e. The minimum Gasteiger partial charge on any atom is -0.399 e. The molecule has 0 fully saturated rings. The first-order chi connectivity index (χ1) is 6.79. The molecule has 1 aromatic carbocycles. The number of pyridine rings is 1. The van der Waals surface area contributed by atoms with Crippen LogP contribution in [0.4, 0.5) is 11.5 Å². The monoisotopic (exact) mass is 187 g/mol. The molecule has 14 heavy (non-hydrogen) atoms. The van der Waals surface area contributed by atoms with Gasteiger partial charge in [0.15, 0.2) is 0 Å². The van der Waals surface area contributed by atoms with E-state index in [-0.39, 0.29) is 0 Å². The van der Waals surface area contributed by atoms with Gasteiger partial charge < -0.3 is 11.1 Å². The van der Waals surface area contributed by atoms with E-state index in [0.717, 1.165) is 29.0 Å². The molecule has 3 N–H and O–H groups in total. The minimum absolute atomic E-state index is 0.774. The molecule has 1 aromatic heterocycles. The molecule has 3 nitrogen and oxygen atoms in total. The van der Waals surface area contributed by atoms with Crippen molar-refractivity contribution in [3.63, 3.8) is 0 Å². The molecule has 0 saturated carbocycles. The predicted molar refractivity (Wildman–Crippen MR) is 60.3 cm³/mol. The van der Waals surface area contributed by atoms with Crippen molar-refractivity contribution in [2.75, 3.05) is 17.6 Å². The quantitative estimate of drug-likeness (QED) is 0.709. The number of hydrogen-bond acceptors (Lipinski definition) is 3. The van der Waals surface area contributed by atoms with E-state index < -0.39 is 0 Å². The van der Waals surface area contributed by atoms with E-state index >= 15 is 0 Å². The number of benzene rings is 1. The summed E-state index contributed by atoms with van der Waals surface area (Å²) < 4.78 is 0. The van der Waals surface area contributed by atoms with Gasteiger partial charge in [-0.25, -0.2) is 4.98 Å². The fourth-order valence-electron chi connectivity index (χ4n) is 1.42. The Morgan fingerprint density at radius 3 is 2.93 bits per heavy atom. The Labute approximate surface area is 83.0 Å². The van der Waals surface area contributed by atoms with E-state index in [0.29, 0.717) is 0 Å². The Hall–Kier alpha value is -1.77. The second-order valence-electron chi connectivity index (χ2n) is 3.18. The van der Waals surface area contributed by atoms with Crippen LogP contribution in [-0.4, -0.2) is 11.5 Å². The van der Waals surface area contributed by atoms with Gasteiger partial charge in [0.2, 0.25) is 0 Å². The highest BCUT2D eigenvalue weighted by Gasteiger charge is 1.97. The highest BCUT2D eigenvalue weighted by molar-refractivity contribution is 5.83. The van der Waals surface area contributed by atoms with Crippen LogP contribution in [0, 0.1) is 0 Å². The zero-order valence-corrected chi connectivity index (χ0v) is 8.12. The third-order valence-corrected chi connectivity index (χ3v) is 2.07. The fourth-order valence-corrected chi connectivity index (χ4v) is 1.42. The molecule has 0 unspecified atom stereocenters. The molecule has 2 aromatic rings. The van der Waals surface area contributed by atoms with Crippen molar-refractivity contribution in [2.45, 2.75) is 6.92 Å². The largest absolute Gasteiger partial charge is 0.399 e. The first-order valence-electron chi connectivity index (χ1n) is 4.70. The summed E-state index contributed by atoms with van der Waals surface area (Å²) >= 11 is 0. The molecular formula is C11H13N3. The average Bonchev–Trinajstić information content (AvgIpc) is 2.19. The Morgan fingerprint density at radius 1 is 1.29 bits per heavy atom. The zero-order chi connectivity index (χ0) is 9.97. The fraction of sp³-hybridized carbons (Fsp3) is 0.182. The lowest BCUT2D eigenvalue weighted by molar-refractivity contribution is 1.17. The molecule has 72 valence electrons.